The average Bonchev–Trinajstić information content (AvgIpc) is 3.42. The quantitative estimate of drug-likeness (QED) is 0.321. The summed E-state index contributed by atoms with van der Waals surface area (Å²) >= 11 is 6.18. The number of carbonyl (C=O) groups excluding carboxylic acids is 2. The second-order valence-corrected chi connectivity index (χ2v) is 8.32. The molecule has 0 bridgehead atoms. The maximum absolute atomic E-state index is 14.1. The van der Waals surface area contributed by atoms with Gasteiger partial charge < -0.3 is 5.32 Å². The van der Waals surface area contributed by atoms with Gasteiger partial charge >= 0.3 is 6.18 Å². The number of nitrogens with one attached hydrogen (secondary N) is 1. The molecule has 0 saturated carbocycles. The van der Waals surface area contributed by atoms with Gasteiger partial charge in [0.1, 0.15) is 5.50 Å². The molecule has 0 spiro atoms. The van der Waals surface area contributed by atoms with E-state index in [0.29, 0.717) is 27.6 Å². The molecule has 5 rings (SSSR count). The third-order valence-electron chi connectivity index (χ3n) is 5.56. The van der Waals surface area contributed by atoms with Crippen LogP contribution in [0.5, 0.6) is 0 Å². The molecule has 1 aliphatic heterocycles. The number of alkyl halides is 4. The predicted octanol–water partition coefficient (Wildman–Crippen LogP) is 4.78. The molecule has 3 aromatic heterocycles. The summed E-state index contributed by atoms with van der Waals surface area (Å²) < 4.78 is 43.1. The Kier molecular flexibility index (Phi) is 5.64. The summed E-state index contributed by atoms with van der Waals surface area (Å²) in [6, 6.07) is 8.22. The summed E-state index contributed by atoms with van der Waals surface area (Å²) in [5, 5.41) is 7.40. The molecule has 1 fully saturated rings. The van der Waals surface area contributed by atoms with Crippen LogP contribution in [0.15, 0.2) is 61.3 Å². The number of halogens is 4. The van der Waals surface area contributed by atoms with E-state index >= 15 is 0 Å². The van der Waals surface area contributed by atoms with Gasteiger partial charge in [0.05, 0.1) is 47.4 Å². The number of hydrogen-bond donors (Lipinski definition) is 1. The van der Waals surface area contributed by atoms with Gasteiger partial charge in [-0.2, -0.15) is 18.3 Å². The van der Waals surface area contributed by atoms with E-state index in [2.05, 4.69) is 20.4 Å². The SMILES string of the molecule is O=C(Nc1cncc(N2C(=O)CCC2Cl)c1)c1cnn(-c2cncc3ccccc23)c1C(F)(F)F. The number of nitrogens with zero attached hydrogens (tertiary/aromatic N) is 5. The molecule has 1 saturated heterocycles. The first kappa shape index (κ1) is 22.8. The van der Waals surface area contributed by atoms with Crippen LogP contribution in [0.3, 0.4) is 0 Å². The molecule has 4 heterocycles. The van der Waals surface area contributed by atoms with E-state index in [4.69, 9.17) is 11.6 Å². The van der Waals surface area contributed by atoms with Crippen molar-refractivity contribution >= 4 is 45.6 Å². The third kappa shape index (κ3) is 4.18. The highest BCUT2D eigenvalue weighted by atomic mass is 35.5. The van der Waals surface area contributed by atoms with Crippen molar-refractivity contribution in [3.8, 4) is 5.69 Å². The van der Waals surface area contributed by atoms with E-state index in [1.165, 1.54) is 35.8 Å². The number of aromatic nitrogens is 4. The third-order valence-corrected chi connectivity index (χ3v) is 5.98. The Balaban J connectivity index is 1.52. The number of rotatable bonds is 4. The van der Waals surface area contributed by atoms with Crippen LogP contribution in [0.1, 0.15) is 28.9 Å². The largest absolute Gasteiger partial charge is 0.434 e. The highest BCUT2D eigenvalue weighted by molar-refractivity contribution is 6.25. The molecular formula is C23H16ClF3N6O2. The van der Waals surface area contributed by atoms with Gasteiger partial charge in [-0.05, 0) is 12.5 Å². The Hall–Kier alpha value is -3.99. The summed E-state index contributed by atoms with van der Waals surface area (Å²) in [5.41, 5.74) is -1.97. The van der Waals surface area contributed by atoms with Gasteiger partial charge in [-0.15, -0.1) is 0 Å². The Morgan fingerprint density at radius 3 is 2.60 bits per heavy atom. The van der Waals surface area contributed by atoms with E-state index in [-0.39, 0.29) is 23.7 Å². The molecule has 1 unspecified atom stereocenters. The zero-order valence-electron chi connectivity index (χ0n) is 17.8. The minimum absolute atomic E-state index is 0.0823. The van der Waals surface area contributed by atoms with Crippen LogP contribution in [0, 0.1) is 0 Å². The van der Waals surface area contributed by atoms with Crippen LogP contribution in [0.4, 0.5) is 24.5 Å². The summed E-state index contributed by atoms with van der Waals surface area (Å²) in [6.45, 7) is 0. The zero-order chi connectivity index (χ0) is 24.7. The van der Waals surface area contributed by atoms with Crippen molar-refractivity contribution in [1.29, 1.82) is 0 Å². The molecule has 1 aromatic carbocycles. The van der Waals surface area contributed by atoms with Gasteiger partial charge in [-0.3, -0.25) is 24.5 Å². The number of benzene rings is 1. The lowest BCUT2D eigenvalue weighted by Crippen LogP contribution is -2.29. The first-order valence-corrected chi connectivity index (χ1v) is 10.9. The lowest BCUT2D eigenvalue weighted by Gasteiger charge is -2.20. The van der Waals surface area contributed by atoms with Crippen molar-refractivity contribution in [2.75, 3.05) is 10.2 Å². The average molecular weight is 501 g/mol. The van der Waals surface area contributed by atoms with E-state index in [1.807, 2.05) is 0 Å². The van der Waals surface area contributed by atoms with E-state index in [0.717, 1.165) is 6.20 Å². The molecule has 1 aliphatic rings. The van der Waals surface area contributed by atoms with Crippen LogP contribution < -0.4 is 10.2 Å². The number of hydrogen-bond acceptors (Lipinski definition) is 5. The highest BCUT2D eigenvalue weighted by Crippen LogP contribution is 2.36. The minimum Gasteiger partial charge on any atom is -0.320 e. The number of fused-ring (bicyclic) bond motifs is 1. The molecule has 8 nitrogen and oxygen atoms in total. The smallest absolute Gasteiger partial charge is 0.320 e. The normalized spacial score (nSPS) is 16.2. The topological polar surface area (TPSA) is 93.0 Å². The van der Waals surface area contributed by atoms with Crippen LogP contribution in [0.2, 0.25) is 0 Å². The summed E-state index contributed by atoms with van der Waals surface area (Å²) in [5.74, 6) is -1.24. The molecule has 0 radical (unpaired) electrons. The van der Waals surface area contributed by atoms with Gasteiger partial charge in [0.2, 0.25) is 5.91 Å². The fourth-order valence-corrected chi connectivity index (χ4v) is 4.35. The molecule has 1 N–H and O–H groups in total. The molecule has 178 valence electrons. The fraction of sp³-hybridized carbons (Fsp3) is 0.174. The maximum atomic E-state index is 14.1. The first-order chi connectivity index (χ1) is 16.7. The van der Waals surface area contributed by atoms with Gasteiger partial charge in [0.25, 0.3) is 5.91 Å². The van der Waals surface area contributed by atoms with E-state index in [9.17, 15) is 22.8 Å². The molecule has 35 heavy (non-hydrogen) atoms. The molecule has 0 aliphatic carbocycles. The van der Waals surface area contributed by atoms with Crippen LogP contribution in [0.25, 0.3) is 16.5 Å². The molecule has 12 heteroatoms. The Bertz CT molecular complexity index is 1450. The molecule has 4 aromatic rings. The van der Waals surface area contributed by atoms with Gasteiger partial charge in [0, 0.05) is 23.4 Å². The Morgan fingerprint density at radius 2 is 1.86 bits per heavy atom. The lowest BCUT2D eigenvalue weighted by molar-refractivity contribution is -0.143. The van der Waals surface area contributed by atoms with Crippen molar-refractivity contribution < 1.29 is 22.8 Å². The number of amides is 2. The van der Waals surface area contributed by atoms with Crippen molar-refractivity contribution in [3.05, 3.63) is 72.6 Å². The van der Waals surface area contributed by atoms with Crippen LogP contribution in [-0.4, -0.2) is 37.1 Å². The monoisotopic (exact) mass is 500 g/mol. The van der Waals surface area contributed by atoms with Gasteiger partial charge in [-0.25, -0.2) is 4.68 Å². The first-order valence-electron chi connectivity index (χ1n) is 10.4. The van der Waals surface area contributed by atoms with E-state index in [1.54, 1.807) is 24.3 Å². The van der Waals surface area contributed by atoms with Crippen molar-refractivity contribution in [2.45, 2.75) is 24.5 Å². The Labute approximate surface area is 201 Å². The second kappa shape index (κ2) is 8.66. The number of pyridine rings is 2. The van der Waals surface area contributed by atoms with Crippen molar-refractivity contribution in [2.24, 2.45) is 0 Å². The zero-order valence-corrected chi connectivity index (χ0v) is 18.6. The van der Waals surface area contributed by atoms with Crippen molar-refractivity contribution in [1.82, 2.24) is 19.7 Å². The molecule has 1 atom stereocenters. The fourth-order valence-electron chi connectivity index (χ4n) is 4.02. The van der Waals surface area contributed by atoms with Crippen molar-refractivity contribution in [3.63, 3.8) is 0 Å². The number of carbonyl (C=O) groups is 2. The Morgan fingerprint density at radius 1 is 1.09 bits per heavy atom. The summed E-state index contributed by atoms with van der Waals surface area (Å²) in [6.07, 6.45) is 2.12. The predicted molar refractivity (Wildman–Crippen MR) is 122 cm³/mol. The summed E-state index contributed by atoms with van der Waals surface area (Å²) in [4.78, 5) is 34.4. The van der Waals surface area contributed by atoms with Crippen LogP contribution >= 0.6 is 11.6 Å². The molecular weight excluding hydrogens is 485 g/mol. The second-order valence-electron chi connectivity index (χ2n) is 7.82. The van der Waals surface area contributed by atoms with Crippen LogP contribution in [-0.2, 0) is 11.0 Å². The maximum Gasteiger partial charge on any atom is 0.434 e. The molecule has 2 amide bonds. The lowest BCUT2D eigenvalue weighted by atomic mass is 10.1. The standard InChI is InChI=1S/C23H16ClF3N6O2/c24-19-5-6-20(34)32(19)15-7-14(9-29-10-15)31-22(35)17-11-30-33(21(17)23(25,26)27)18-12-28-8-13-3-1-2-4-16(13)18/h1-4,7-12,19H,5-6H2,(H,31,35). The van der Waals surface area contributed by atoms with Gasteiger partial charge in [0.15, 0.2) is 5.69 Å². The minimum atomic E-state index is -4.89. The highest BCUT2D eigenvalue weighted by Gasteiger charge is 2.41. The van der Waals surface area contributed by atoms with E-state index < -0.39 is 28.8 Å². The summed E-state index contributed by atoms with van der Waals surface area (Å²) in [7, 11) is 0. The number of anilines is 2. The van der Waals surface area contributed by atoms with Gasteiger partial charge in [-0.1, -0.05) is 35.9 Å².